The Morgan fingerprint density at radius 2 is 1.26 bits per heavy atom. The number of carbonyl (C=O) groups excluding carboxylic acids is 2. The molecule has 0 aliphatic rings. The molecule has 0 aliphatic heterocycles. The Hall–Kier alpha value is -4.57. The minimum Gasteiger partial charge on any atom is -0.462 e. The van der Waals surface area contributed by atoms with Crippen LogP contribution in [-0.2, 0) is 23.6 Å². The molecule has 10 heteroatoms. The van der Waals surface area contributed by atoms with E-state index in [0.717, 1.165) is 6.92 Å². The third-order valence-electron chi connectivity index (χ3n) is 2.75. The van der Waals surface area contributed by atoms with Crippen LogP contribution in [0.15, 0.2) is 0 Å². The molecule has 0 aliphatic carbocycles. The van der Waals surface area contributed by atoms with E-state index < -0.39 is 44.3 Å². The van der Waals surface area contributed by atoms with Crippen molar-refractivity contribution in [2.24, 2.45) is 0 Å². The predicted octanol–water partition coefficient (Wildman–Crippen LogP) is 0.669. The molecule has 0 unspecified atom stereocenters. The SMILES string of the molecule is CC#CC#CC#CC#CC#CC#CC#CC#CC(=O)O[C@@H](COC(C)=O)CC(F)(F)P(=O)(O)O. The van der Waals surface area contributed by atoms with Crippen molar-refractivity contribution in [3.63, 3.8) is 0 Å². The highest BCUT2D eigenvalue weighted by Crippen LogP contribution is 2.55. The fourth-order valence-electron chi connectivity index (χ4n) is 1.44. The highest BCUT2D eigenvalue weighted by atomic mass is 31.2. The largest absolute Gasteiger partial charge is 0.462 e. The maximum Gasteiger partial charge on any atom is 0.394 e. The fraction of sp³-hybridized carbons (Fsp3) is 0.250. The summed E-state index contributed by atoms with van der Waals surface area (Å²) in [4.78, 5) is 39.8. The molecule has 0 fully saturated rings. The minimum atomic E-state index is -5.84. The maximum atomic E-state index is 13.5. The van der Waals surface area contributed by atoms with Crippen LogP contribution in [0.5, 0.6) is 0 Å². The van der Waals surface area contributed by atoms with Crippen LogP contribution in [0, 0.1) is 94.7 Å². The minimum absolute atomic E-state index is 0.858. The summed E-state index contributed by atoms with van der Waals surface area (Å²) in [5, 5.41) is 0. The Morgan fingerprint density at radius 1 is 0.853 bits per heavy atom. The Kier molecular flexibility index (Phi) is 14.0. The van der Waals surface area contributed by atoms with E-state index in [1.54, 1.807) is 6.92 Å². The first-order valence-corrected chi connectivity index (χ1v) is 10.3. The zero-order chi connectivity index (χ0) is 25.9. The Bertz CT molecular complexity index is 1350. The lowest BCUT2D eigenvalue weighted by Gasteiger charge is -2.23. The molecule has 0 aromatic rings. The maximum absolute atomic E-state index is 13.5. The van der Waals surface area contributed by atoms with Crippen LogP contribution in [0.1, 0.15) is 20.3 Å². The van der Waals surface area contributed by atoms with Crippen molar-refractivity contribution < 1.29 is 42.2 Å². The average molecular weight is 482 g/mol. The lowest BCUT2D eigenvalue weighted by molar-refractivity contribution is -0.156. The summed E-state index contributed by atoms with van der Waals surface area (Å²) in [6.07, 6.45) is -3.46. The van der Waals surface area contributed by atoms with Gasteiger partial charge < -0.3 is 19.3 Å². The number of ether oxygens (including phenoxy) is 2. The van der Waals surface area contributed by atoms with Gasteiger partial charge in [-0.15, -0.1) is 0 Å². The van der Waals surface area contributed by atoms with Crippen molar-refractivity contribution in [3.8, 4) is 94.7 Å². The second-order valence-electron chi connectivity index (χ2n) is 5.37. The lowest BCUT2D eigenvalue weighted by Crippen LogP contribution is -2.32. The van der Waals surface area contributed by atoms with Crippen molar-refractivity contribution in [1.29, 1.82) is 0 Å². The number of carbonyl (C=O) groups is 2. The van der Waals surface area contributed by atoms with Gasteiger partial charge in [-0.3, -0.25) is 9.36 Å². The summed E-state index contributed by atoms with van der Waals surface area (Å²) in [6, 6.07) is 0. The molecule has 0 heterocycles. The number of hydrogen-bond acceptors (Lipinski definition) is 5. The van der Waals surface area contributed by atoms with E-state index in [9.17, 15) is 22.9 Å². The van der Waals surface area contributed by atoms with Crippen molar-refractivity contribution in [1.82, 2.24) is 0 Å². The van der Waals surface area contributed by atoms with Crippen LogP contribution in [-0.4, -0.2) is 40.1 Å². The molecule has 2 N–H and O–H groups in total. The van der Waals surface area contributed by atoms with E-state index in [1.807, 2.05) is 11.8 Å². The summed E-state index contributed by atoms with van der Waals surface area (Å²) in [6.45, 7) is 1.74. The van der Waals surface area contributed by atoms with Gasteiger partial charge in [0.05, 0.1) is 6.42 Å². The number of hydrogen-bond donors (Lipinski definition) is 2. The second kappa shape index (κ2) is 16.1. The molecule has 0 rings (SSSR count). The average Bonchev–Trinajstić information content (AvgIpc) is 2.73. The van der Waals surface area contributed by atoms with Crippen molar-refractivity contribution in [3.05, 3.63) is 0 Å². The molecule has 1 atom stereocenters. The number of rotatable bonds is 6. The van der Waals surface area contributed by atoms with Crippen LogP contribution < -0.4 is 0 Å². The van der Waals surface area contributed by atoms with Gasteiger partial charge in [-0.2, -0.15) is 8.78 Å². The molecule has 0 amide bonds. The summed E-state index contributed by atoms with van der Waals surface area (Å²) in [5.74, 6) is 35.0. The van der Waals surface area contributed by atoms with E-state index in [-0.39, 0.29) is 0 Å². The van der Waals surface area contributed by atoms with Gasteiger partial charge in [-0.25, -0.2) is 4.79 Å². The van der Waals surface area contributed by atoms with Crippen LogP contribution in [0.4, 0.5) is 8.78 Å². The van der Waals surface area contributed by atoms with Crippen molar-refractivity contribution >= 4 is 19.5 Å². The summed E-state index contributed by atoms with van der Waals surface area (Å²) in [5.41, 5.74) is -4.52. The third kappa shape index (κ3) is 15.3. The van der Waals surface area contributed by atoms with Gasteiger partial charge in [0, 0.05) is 12.8 Å². The molecule has 7 nitrogen and oxygen atoms in total. The molecular weight excluding hydrogens is 469 g/mol. The number of alkyl halides is 2. The molecule has 0 saturated heterocycles. The smallest absolute Gasteiger partial charge is 0.394 e. The van der Waals surface area contributed by atoms with Gasteiger partial charge in [-0.1, -0.05) is 5.92 Å². The predicted molar refractivity (Wildman–Crippen MR) is 116 cm³/mol. The van der Waals surface area contributed by atoms with Crippen LogP contribution in [0.25, 0.3) is 0 Å². The fourth-order valence-corrected chi connectivity index (χ4v) is 1.88. The lowest BCUT2D eigenvalue weighted by atomic mass is 10.2. The van der Waals surface area contributed by atoms with Crippen LogP contribution >= 0.6 is 7.60 Å². The normalized spacial score (nSPS) is 9.24. The topological polar surface area (TPSA) is 110 Å². The zero-order valence-electron chi connectivity index (χ0n) is 17.6. The molecule has 0 saturated carbocycles. The number of halogens is 2. The van der Waals surface area contributed by atoms with E-state index >= 15 is 0 Å². The molecule has 0 bridgehead atoms. The van der Waals surface area contributed by atoms with Crippen LogP contribution in [0.2, 0.25) is 0 Å². The van der Waals surface area contributed by atoms with E-state index in [0.29, 0.717) is 0 Å². The molecule has 0 radical (unpaired) electrons. The molecule has 34 heavy (non-hydrogen) atoms. The van der Waals surface area contributed by atoms with E-state index in [1.165, 1.54) is 0 Å². The quantitative estimate of drug-likeness (QED) is 0.248. The Labute approximate surface area is 195 Å². The van der Waals surface area contributed by atoms with Gasteiger partial charge in [0.1, 0.15) is 12.7 Å². The molecule has 170 valence electrons. The summed E-state index contributed by atoms with van der Waals surface area (Å²) in [7, 11) is -5.84. The summed E-state index contributed by atoms with van der Waals surface area (Å²) < 4.78 is 47.0. The van der Waals surface area contributed by atoms with Crippen LogP contribution in [0.3, 0.4) is 0 Å². The second-order valence-corrected chi connectivity index (χ2v) is 7.11. The van der Waals surface area contributed by atoms with E-state index in [2.05, 4.69) is 92.4 Å². The van der Waals surface area contributed by atoms with Crippen molar-refractivity contribution in [2.75, 3.05) is 6.61 Å². The standard InChI is InChI=1S/C24H13F2O7P/c1-3-4-5-6-7-8-9-10-11-12-13-14-15-16-17-18-23(28)33-22(20-32-21(2)27)19-24(25,26)34(29,30)31/h22H,19-20H2,1-2H3,(H2,29,30,31)/t22-/m1/s1. The van der Waals surface area contributed by atoms with Gasteiger partial charge in [0.25, 0.3) is 0 Å². The van der Waals surface area contributed by atoms with Gasteiger partial charge in [-0.05, 0) is 89.8 Å². The van der Waals surface area contributed by atoms with Gasteiger partial charge in [0.2, 0.25) is 0 Å². The number of esters is 2. The first-order valence-electron chi connectivity index (χ1n) is 8.70. The monoisotopic (exact) mass is 482 g/mol. The van der Waals surface area contributed by atoms with Crippen molar-refractivity contribution in [2.45, 2.75) is 32.0 Å². The summed E-state index contributed by atoms with van der Waals surface area (Å²) >= 11 is 0. The van der Waals surface area contributed by atoms with E-state index in [4.69, 9.17) is 9.79 Å². The molecule has 0 aromatic heterocycles. The highest BCUT2D eigenvalue weighted by molar-refractivity contribution is 7.53. The Morgan fingerprint density at radius 3 is 1.65 bits per heavy atom. The molecular formula is C24H13F2O7P. The Balaban J connectivity index is 4.96. The first-order chi connectivity index (χ1) is 16.0. The third-order valence-corrected chi connectivity index (χ3v) is 3.78. The molecule has 0 aromatic carbocycles. The highest BCUT2D eigenvalue weighted by Gasteiger charge is 2.50. The molecule has 0 spiro atoms. The van der Waals surface area contributed by atoms with Gasteiger partial charge >= 0.3 is 25.2 Å². The first kappa shape index (κ1) is 29.4. The zero-order valence-corrected chi connectivity index (χ0v) is 18.5. The van der Waals surface area contributed by atoms with Gasteiger partial charge in [0.15, 0.2) is 0 Å².